The number of fused-ring (bicyclic) bond motifs is 5. The third kappa shape index (κ3) is 4.84. The lowest BCUT2D eigenvalue weighted by Gasteiger charge is -2.31. The van der Waals surface area contributed by atoms with E-state index in [1.807, 2.05) is 24.3 Å². The van der Waals surface area contributed by atoms with Crippen molar-refractivity contribution in [1.29, 1.82) is 0 Å². The van der Waals surface area contributed by atoms with Gasteiger partial charge in [0.15, 0.2) is 5.82 Å². The number of hydrogen-bond acceptors (Lipinski definition) is 7. The molecule has 0 spiro atoms. The van der Waals surface area contributed by atoms with E-state index >= 15 is 4.39 Å². The maximum absolute atomic E-state index is 16.9. The number of nitrogens with one attached hydrogen (secondary N) is 1. The molecule has 4 saturated heterocycles. The standard InChI is InChI=1S/C34H36ClF2N5O2/c35-28-15-27-31(30(37)29(28)26-14-24(43)13-21-4-1-2-5-25(21)26)39-33(44-19-34-8-3-9-42(34)18-22(36)16-34)40-32(27)41-10-6-20-12-23(7-11-41)38-17-20/h1-2,4-5,13-15,20,22-23,38,43H,3,6-12,16-19H2/t20?,22-,23+,34-/m1/s1. The number of anilines is 1. The summed E-state index contributed by atoms with van der Waals surface area (Å²) < 4.78 is 37.7. The van der Waals surface area contributed by atoms with Crippen LogP contribution in [0.15, 0.2) is 42.5 Å². The normalized spacial score (nSPS) is 27.2. The van der Waals surface area contributed by atoms with Crippen LogP contribution in [0.1, 0.15) is 38.5 Å². The minimum atomic E-state index is -0.878. The summed E-state index contributed by atoms with van der Waals surface area (Å²) in [4.78, 5) is 14.0. The van der Waals surface area contributed by atoms with Crippen molar-refractivity contribution in [3.63, 3.8) is 0 Å². The smallest absolute Gasteiger partial charge is 0.319 e. The number of halogens is 3. The predicted molar refractivity (Wildman–Crippen MR) is 169 cm³/mol. The second-order valence-corrected chi connectivity index (χ2v) is 13.5. The molecule has 1 unspecified atom stereocenters. The fraction of sp³-hybridized carbons (Fsp3) is 0.471. The van der Waals surface area contributed by atoms with Gasteiger partial charge in [-0.2, -0.15) is 9.97 Å². The van der Waals surface area contributed by atoms with Crippen molar-refractivity contribution in [2.45, 2.75) is 56.3 Å². The Bertz CT molecular complexity index is 1740. The number of phenolic OH excluding ortho intramolecular Hbond substituents is 1. The van der Waals surface area contributed by atoms with E-state index in [-0.39, 0.29) is 40.0 Å². The SMILES string of the molecule is Oc1cc(-c2c(Cl)cc3c(N4CCC5CN[C@@H](CC4)C5)nc(OC[C@]45CCCN4C[C@H](F)C5)nc3c2F)c2ccccc2c1. The van der Waals surface area contributed by atoms with Crippen LogP contribution >= 0.6 is 11.6 Å². The number of ether oxygens (including phenoxy) is 1. The molecular weight excluding hydrogens is 584 g/mol. The van der Waals surface area contributed by atoms with Crippen LogP contribution in [0.3, 0.4) is 0 Å². The largest absolute Gasteiger partial charge is 0.508 e. The molecule has 8 rings (SSSR count). The summed E-state index contributed by atoms with van der Waals surface area (Å²) in [6, 6.07) is 13.0. The van der Waals surface area contributed by atoms with Gasteiger partial charge in [-0.05, 0) is 85.6 Å². The Balaban J connectivity index is 1.26. The molecule has 1 aromatic heterocycles. The van der Waals surface area contributed by atoms with E-state index in [0.717, 1.165) is 62.6 Å². The molecule has 4 atom stereocenters. The molecule has 230 valence electrons. The highest BCUT2D eigenvalue weighted by Gasteiger charge is 2.49. The van der Waals surface area contributed by atoms with Gasteiger partial charge in [-0.15, -0.1) is 0 Å². The molecule has 2 bridgehead atoms. The zero-order valence-corrected chi connectivity index (χ0v) is 25.3. The van der Waals surface area contributed by atoms with E-state index in [1.54, 1.807) is 18.2 Å². The highest BCUT2D eigenvalue weighted by Crippen LogP contribution is 2.44. The molecule has 2 N–H and O–H groups in total. The zero-order valence-electron chi connectivity index (χ0n) is 24.5. The van der Waals surface area contributed by atoms with Crippen LogP contribution in [-0.4, -0.2) is 77.1 Å². The molecule has 4 aliphatic heterocycles. The molecule has 3 aromatic carbocycles. The fourth-order valence-electron chi connectivity index (χ4n) is 8.18. The Labute approximate surface area is 260 Å². The van der Waals surface area contributed by atoms with Crippen LogP contribution < -0.4 is 15.0 Å². The first kappa shape index (κ1) is 28.2. The molecule has 10 heteroatoms. The van der Waals surface area contributed by atoms with Crippen LogP contribution in [0.5, 0.6) is 11.8 Å². The van der Waals surface area contributed by atoms with Gasteiger partial charge in [-0.1, -0.05) is 35.9 Å². The van der Waals surface area contributed by atoms with Crippen molar-refractivity contribution in [1.82, 2.24) is 20.2 Å². The number of nitrogens with zero attached hydrogens (tertiary/aromatic N) is 4. The predicted octanol–water partition coefficient (Wildman–Crippen LogP) is 6.48. The van der Waals surface area contributed by atoms with Gasteiger partial charge < -0.3 is 20.1 Å². The maximum atomic E-state index is 16.9. The first-order chi connectivity index (χ1) is 21.4. The molecule has 5 heterocycles. The molecule has 4 aromatic rings. The highest BCUT2D eigenvalue weighted by molar-refractivity contribution is 6.35. The van der Waals surface area contributed by atoms with Gasteiger partial charge in [0.2, 0.25) is 0 Å². The van der Waals surface area contributed by atoms with Gasteiger partial charge in [-0.25, -0.2) is 8.78 Å². The summed E-state index contributed by atoms with van der Waals surface area (Å²) in [5, 5.41) is 16.5. The van der Waals surface area contributed by atoms with E-state index in [4.69, 9.17) is 21.3 Å². The summed E-state index contributed by atoms with van der Waals surface area (Å²) in [6.45, 7) is 4.09. The summed E-state index contributed by atoms with van der Waals surface area (Å²) in [6.07, 6.45) is 4.54. The van der Waals surface area contributed by atoms with Crippen LogP contribution in [0.4, 0.5) is 14.6 Å². The van der Waals surface area contributed by atoms with E-state index in [1.165, 1.54) is 6.42 Å². The van der Waals surface area contributed by atoms with Crippen LogP contribution in [0, 0.1) is 11.7 Å². The molecule has 44 heavy (non-hydrogen) atoms. The van der Waals surface area contributed by atoms with Gasteiger partial charge in [-0.3, -0.25) is 4.90 Å². The van der Waals surface area contributed by atoms with Crippen LogP contribution in [0.25, 0.3) is 32.8 Å². The molecule has 7 nitrogen and oxygen atoms in total. The summed E-state index contributed by atoms with van der Waals surface area (Å²) >= 11 is 6.90. The molecule has 0 aliphatic carbocycles. The van der Waals surface area contributed by atoms with Gasteiger partial charge in [0.1, 0.15) is 29.9 Å². The first-order valence-electron chi connectivity index (χ1n) is 15.8. The van der Waals surface area contributed by atoms with Crippen molar-refractivity contribution >= 4 is 39.1 Å². The molecule has 0 amide bonds. The minimum Gasteiger partial charge on any atom is -0.508 e. The Hall–Kier alpha value is -3.27. The lowest BCUT2D eigenvalue weighted by molar-refractivity contribution is 0.107. The first-order valence-corrected chi connectivity index (χ1v) is 16.2. The summed E-state index contributed by atoms with van der Waals surface area (Å²) in [5.41, 5.74) is 0.402. The monoisotopic (exact) mass is 619 g/mol. The number of phenols is 1. The van der Waals surface area contributed by atoms with Crippen molar-refractivity contribution < 1.29 is 18.6 Å². The summed E-state index contributed by atoms with van der Waals surface area (Å²) in [7, 11) is 0. The van der Waals surface area contributed by atoms with E-state index in [0.29, 0.717) is 41.7 Å². The quantitative estimate of drug-likeness (QED) is 0.265. The topological polar surface area (TPSA) is 73.8 Å². The highest BCUT2D eigenvalue weighted by atomic mass is 35.5. The van der Waals surface area contributed by atoms with Gasteiger partial charge in [0, 0.05) is 43.0 Å². The maximum Gasteiger partial charge on any atom is 0.319 e. The van der Waals surface area contributed by atoms with E-state index < -0.39 is 12.0 Å². The van der Waals surface area contributed by atoms with Gasteiger partial charge >= 0.3 is 6.01 Å². The fourth-order valence-corrected chi connectivity index (χ4v) is 8.47. The second-order valence-electron chi connectivity index (χ2n) is 13.1. The average molecular weight is 620 g/mol. The molecular formula is C34H36ClF2N5O2. The number of hydrogen-bond donors (Lipinski definition) is 2. The summed E-state index contributed by atoms with van der Waals surface area (Å²) in [5.74, 6) is 0.639. The lowest BCUT2D eigenvalue weighted by atomic mass is 9.95. The van der Waals surface area contributed by atoms with Crippen LogP contribution in [0.2, 0.25) is 5.02 Å². The van der Waals surface area contributed by atoms with E-state index in [9.17, 15) is 9.50 Å². The van der Waals surface area contributed by atoms with Gasteiger partial charge in [0.25, 0.3) is 0 Å². The van der Waals surface area contributed by atoms with Gasteiger partial charge in [0.05, 0.1) is 10.6 Å². The number of aromatic nitrogens is 2. The Morgan fingerprint density at radius 1 is 1.09 bits per heavy atom. The third-order valence-electron chi connectivity index (χ3n) is 10.4. The van der Waals surface area contributed by atoms with E-state index in [2.05, 4.69) is 20.1 Å². The lowest BCUT2D eigenvalue weighted by Crippen LogP contribution is -2.43. The molecule has 4 fully saturated rings. The minimum absolute atomic E-state index is 0.0219. The van der Waals surface area contributed by atoms with Crippen LogP contribution in [-0.2, 0) is 0 Å². The number of aromatic hydroxyl groups is 1. The van der Waals surface area contributed by atoms with Crippen molar-refractivity contribution in [2.24, 2.45) is 5.92 Å². The van der Waals surface area contributed by atoms with Crippen molar-refractivity contribution in [3.05, 3.63) is 53.3 Å². The number of benzene rings is 3. The number of rotatable bonds is 5. The van der Waals surface area contributed by atoms with Crippen molar-refractivity contribution in [2.75, 3.05) is 44.2 Å². The Kier molecular flexibility index (Phi) is 7.03. The Morgan fingerprint density at radius 2 is 1.95 bits per heavy atom. The molecule has 0 radical (unpaired) electrons. The molecule has 4 aliphatic rings. The second kappa shape index (κ2) is 11.0. The Morgan fingerprint density at radius 3 is 2.86 bits per heavy atom. The molecule has 0 saturated carbocycles. The third-order valence-corrected chi connectivity index (χ3v) is 10.7. The average Bonchev–Trinajstić information content (AvgIpc) is 3.70. The zero-order chi connectivity index (χ0) is 30.0. The number of alkyl halides is 1. The van der Waals surface area contributed by atoms with Crippen molar-refractivity contribution in [3.8, 4) is 22.9 Å².